The monoisotopic (exact) mass is 378 g/mol. The summed E-state index contributed by atoms with van der Waals surface area (Å²) in [5, 5.41) is 9.10. The molecule has 2 aromatic carbocycles. The number of hydrogen-bond acceptors (Lipinski definition) is 3. The van der Waals surface area contributed by atoms with E-state index >= 15 is 0 Å². The van der Waals surface area contributed by atoms with E-state index in [1.165, 1.54) is 25.0 Å². The third-order valence-corrected chi connectivity index (χ3v) is 5.52. The number of ether oxygens (including phenoxy) is 1. The lowest BCUT2D eigenvalue weighted by molar-refractivity contribution is -0.133. The molecule has 2 fully saturated rings. The van der Waals surface area contributed by atoms with E-state index < -0.39 is 0 Å². The van der Waals surface area contributed by atoms with Crippen molar-refractivity contribution in [2.24, 2.45) is 5.92 Å². The normalized spacial score (nSPS) is 18.7. The van der Waals surface area contributed by atoms with Crippen LogP contribution in [0.5, 0.6) is 0 Å². The molecule has 1 aliphatic carbocycles. The van der Waals surface area contributed by atoms with Gasteiger partial charge in [-0.1, -0.05) is 24.3 Å². The molecule has 0 N–H and O–H groups in total. The molecule has 1 aliphatic heterocycles. The van der Waals surface area contributed by atoms with E-state index in [-0.39, 0.29) is 23.9 Å². The van der Waals surface area contributed by atoms with Gasteiger partial charge in [-0.15, -0.1) is 0 Å². The molecule has 4 nitrogen and oxygen atoms in total. The zero-order chi connectivity index (χ0) is 19.5. The van der Waals surface area contributed by atoms with Crippen LogP contribution in [0.15, 0.2) is 48.5 Å². The SMILES string of the molecule is N#Cc1ccc([C@H](OCC2CC2)[C@@H](c2ccc(F)cc2)N2CCCC2=O)cc1. The van der Waals surface area contributed by atoms with Crippen molar-refractivity contribution in [2.45, 2.75) is 37.8 Å². The van der Waals surface area contributed by atoms with E-state index in [9.17, 15) is 9.18 Å². The maximum atomic E-state index is 13.5. The van der Waals surface area contributed by atoms with Crippen LogP contribution >= 0.6 is 0 Å². The summed E-state index contributed by atoms with van der Waals surface area (Å²) in [6, 6.07) is 15.5. The second-order valence-corrected chi connectivity index (χ2v) is 7.62. The van der Waals surface area contributed by atoms with Gasteiger partial charge in [-0.3, -0.25) is 4.79 Å². The molecule has 1 amide bonds. The van der Waals surface area contributed by atoms with Crippen molar-refractivity contribution in [1.82, 2.24) is 4.90 Å². The highest BCUT2D eigenvalue weighted by Crippen LogP contribution is 2.41. The average molecular weight is 378 g/mol. The molecule has 0 aromatic heterocycles. The van der Waals surface area contributed by atoms with E-state index in [0.29, 0.717) is 31.1 Å². The molecular weight excluding hydrogens is 355 g/mol. The maximum absolute atomic E-state index is 13.5. The zero-order valence-corrected chi connectivity index (χ0v) is 15.7. The van der Waals surface area contributed by atoms with E-state index in [1.807, 2.05) is 17.0 Å². The van der Waals surface area contributed by atoms with Gasteiger partial charge in [0.1, 0.15) is 11.9 Å². The molecule has 1 heterocycles. The van der Waals surface area contributed by atoms with Gasteiger partial charge in [-0.05, 0) is 60.6 Å². The molecule has 2 aliphatic rings. The van der Waals surface area contributed by atoms with Crippen molar-refractivity contribution < 1.29 is 13.9 Å². The summed E-state index contributed by atoms with van der Waals surface area (Å²) >= 11 is 0. The first-order valence-electron chi connectivity index (χ1n) is 9.82. The molecule has 5 heteroatoms. The van der Waals surface area contributed by atoms with Gasteiger partial charge in [0.15, 0.2) is 0 Å². The number of carbonyl (C=O) groups excluding carboxylic acids is 1. The summed E-state index contributed by atoms with van der Waals surface area (Å²) in [6.07, 6.45) is 3.33. The fourth-order valence-corrected chi connectivity index (χ4v) is 3.78. The molecule has 1 saturated heterocycles. The summed E-state index contributed by atoms with van der Waals surface area (Å²) < 4.78 is 19.9. The number of benzene rings is 2. The van der Waals surface area contributed by atoms with Crippen molar-refractivity contribution in [3.05, 3.63) is 71.0 Å². The fourth-order valence-electron chi connectivity index (χ4n) is 3.78. The van der Waals surface area contributed by atoms with Gasteiger partial charge in [-0.2, -0.15) is 5.26 Å². The highest BCUT2D eigenvalue weighted by Gasteiger charge is 2.37. The van der Waals surface area contributed by atoms with Crippen LogP contribution in [-0.2, 0) is 9.53 Å². The quantitative estimate of drug-likeness (QED) is 0.711. The first kappa shape index (κ1) is 18.6. The molecular formula is C23H23FN2O2. The lowest BCUT2D eigenvalue weighted by Crippen LogP contribution is -2.35. The summed E-state index contributed by atoms with van der Waals surface area (Å²) in [4.78, 5) is 14.5. The highest BCUT2D eigenvalue weighted by molar-refractivity contribution is 5.78. The number of hydrogen-bond donors (Lipinski definition) is 0. The first-order valence-corrected chi connectivity index (χ1v) is 9.82. The largest absolute Gasteiger partial charge is 0.371 e. The van der Waals surface area contributed by atoms with Crippen LogP contribution in [0.1, 0.15) is 54.5 Å². The minimum absolute atomic E-state index is 0.1000. The average Bonchev–Trinajstić information content (AvgIpc) is 3.46. The Balaban J connectivity index is 1.73. The molecule has 4 rings (SSSR count). The number of halogens is 1. The van der Waals surface area contributed by atoms with E-state index in [4.69, 9.17) is 10.00 Å². The number of nitriles is 1. The zero-order valence-electron chi connectivity index (χ0n) is 15.7. The summed E-state index contributed by atoms with van der Waals surface area (Å²) in [7, 11) is 0. The second kappa shape index (κ2) is 8.12. The maximum Gasteiger partial charge on any atom is 0.223 e. The van der Waals surface area contributed by atoms with Crippen LogP contribution < -0.4 is 0 Å². The van der Waals surface area contributed by atoms with Crippen molar-refractivity contribution >= 4 is 5.91 Å². The lowest BCUT2D eigenvalue weighted by Gasteiger charge is -2.35. The molecule has 2 atom stereocenters. The first-order chi connectivity index (χ1) is 13.7. The number of rotatable bonds is 7. The van der Waals surface area contributed by atoms with E-state index in [2.05, 4.69) is 6.07 Å². The van der Waals surface area contributed by atoms with Crippen LogP contribution in [0.25, 0.3) is 0 Å². The topological polar surface area (TPSA) is 53.3 Å². The predicted molar refractivity (Wildman–Crippen MR) is 103 cm³/mol. The van der Waals surface area contributed by atoms with Crippen LogP contribution in [-0.4, -0.2) is 24.0 Å². The molecule has 28 heavy (non-hydrogen) atoms. The Labute approximate surface area is 164 Å². The van der Waals surface area contributed by atoms with Crippen LogP contribution in [0, 0.1) is 23.1 Å². The van der Waals surface area contributed by atoms with E-state index in [0.717, 1.165) is 17.5 Å². The standard InChI is InChI=1S/C23H23FN2O2/c24-20-11-9-18(10-12-20)22(26-13-1-2-21(26)27)23(28-15-17-3-4-17)19-7-5-16(14-25)6-8-19/h5-12,17,22-23H,1-4,13,15H2/t22-,23+/m1/s1. The highest BCUT2D eigenvalue weighted by atomic mass is 19.1. The molecule has 2 aromatic rings. The molecule has 0 unspecified atom stereocenters. The fraction of sp³-hybridized carbons (Fsp3) is 0.391. The Morgan fingerprint density at radius 2 is 1.79 bits per heavy atom. The Bertz CT molecular complexity index is 869. The predicted octanol–water partition coefficient (Wildman–Crippen LogP) is 4.53. The Kier molecular flexibility index (Phi) is 5.40. The van der Waals surface area contributed by atoms with Crippen LogP contribution in [0.4, 0.5) is 4.39 Å². The van der Waals surface area contributed by atoms with Gasteiger partial charge in [0.2, 0.25) is 5.91 Å². The Morgan fingerprint density at radius 1 is 1.11 bits per heavy atom. The number of carbonyl (C=O) groups is 1. The smallest absolute Gasteiger partial charge is 0.223 e. The van der Waals surface area contributed by atoms with Crippen molar-refractivity contribution in [3.8, 4) is 6.07 Å². The summed E-state index contributed by atoms with van der Waals surface area (Å²) in [6.45, 7) is 1.31. The second-order valence-electron chi connectivity index (χ2n) is 7.62. The van der Waals surface area contributed by atoms with Gasteiger partial charge < -0.3 is 9.64 Å². The number of likely N-dealkylation sites (tertiary alicyclic amines) is 1. The molecule has 1 saturated carbocycles. The Morgan fingerprint density at radius 3 is 2.36 bits per heavy atom. The molecule has 0 spiro atoms. The molecule has 144 valence electrons. The van der Waals surface area contributed by atoms with Crippen molar-refractivity contribution in [2.75, 3.05) is 13.2 Å². The minimum atomic E-state index is -0.360. The summed E-state index contributed by atoms with van der Waals surface area (Å²) in [5.41, 5.74) is 2.37. The van der Waals surface area contributed by atoms with Gasteiger partial charge >= 0.3 is 0 Å². The van der Waals surface area contributed by atoms with Crippen molar-refractivity contribution in [1.29, 1.82) is 5.26 Å². The van der Waals surface area contributed by atoms with Gasteiger partial charge in [0.25, 0.3) is 0 Å². The lowest BCUT2D eigenvalue weighted by atomic mass is 9.93. The number of nitrogens with zero attached hydrogens (tertiary/aromatic N) is 2. The minimum Gasteiger partial charge on any atom is -0.371 e. The summed E-state index contributed by atoms with van der Waals surface area (Å²) in [5.74, 6) is 0.371. The van der Waals surface area contributed by atoms with E-state index in [1.54, 1.807) is 24.3 Å². The molecule has 0 bridgehead atoms. The molecule has 0 radical (unpaired) electrons. The van der Waals surface area contributed by atoms with Gasteiger partial charge in [-0.25, -0.2) is 4.39 Å². The van der Waals surface area contributed by atoms with Crippen molar-refractivity contribution in [3.63, 3.8) is 0 Å². The van der Waals surface area contributed by atoms with Gasteiger partial charge in [0, 0.05) is 13.0 Å². The third kappa shape index (κ3) is 4.07. The van der Waals surface area contributed by atoms with Crippen LogP contribution in [0.2, 0.25) is 0 Å². The Hall–Kier alpha value is -2.71. The van der Waals surface area contributed by atoms with Gasteiger partial charge in [0.05, 0.1) is 24.3 Å². The number of amides is 1. The third-order valence-electron chi connectivity index (χ3n) is 5.52. The van der Waals surface area contributed by atoms with Crippen LogP contribution in [0.3, 0.4) is 0 Å².